The average molecular weight is 296 g/mol. The van der Waals surface area contributed by atoms with Crippen LogP contribution in [0.25, 0.3) is 0 Å². The third-order valence-corrected chi connectivity index (χ3v) is 2.73. The molecule has 1 nitrogen and oxygen atoms in total. The maximum atomic E-state index is 12.7. The Labute approximate surface area is 114 Å². The molecule has 0 atom stereocenters. The normalized spacial score (nSPS) is 14.6. The third-order valence-electron chi connectivity index (χ3n) is 2.40. The lowest BCUT2D eigenvalue weighted by molar-refractivity contribution is -0.137. The van der Waals surface area contributed by atoms with Crippen molar-refractivity contribution in [3.63, 3.8) is 0 Å². The zero-order valence-electron chi connectivity index (χ0n) is 9.12. The van der Waals surface area contributed by atoms with E-state index in [9.17, 15) is 13.2 Å². The van der Waals surface area contributed by atoms with Crippen LogP contribution < -0.4 is 4.90 Å². The van der Waals surface area contributed by atoms with E-state index in [-0.39, 0.29) is 17.4 Å². The largest absolute Gasteiger partial charge is 0.417 e. The van der Waals surface area contributed by atoms with Gasteiger partial charge < -0.3 is 4.90 Å². The van der Waals surface area contributed by atoms with E-state index in [1.807, 2.05) is 12.2 Å². The van der Waals surface area contributed by atoms with E-state index in [0.29, 0.717) is 12.2 Å². The van der Waals surface area contributed by atoms with Crippen LogP contribution in [0, 0.1) is 0 Å². The minimum absolute atomic E-state index is 0. The highest BCUT2D eigenvalue weighted by Gasteiger charge is 2.33. The highest BCUT2D eigenvalue weighted by molar-refractivity contribution is 6.31. The van der Waals surface area contributed by atoms with Gasteiger partial charge in [0.2, 0.25) is 0 Å². The van der Waals surface area contributed by atoms with Crippen molar-refractivity contribution in [1.29, 1.82) is 0 Å². The van der Waals surface area contributed by atoms with E-state index in [1.165, 1.54) is 6.07 Å². The number of halogens is 5. The standard InChI is InChI=1S/C12H9ClF3N.ClH/c13-11-5-4-9(8-10(11)12(14,15)16)17-6-2-1-3-7-17;/h1-6,8H,7H2;1H. The molecule has 0 fully saturated rings. The smallest absolute Gasteiger partial charge is 0.344 e. The van der Waals surface area contributed by atoms with E-state index in [2.05, 4.69) is 0 Å². The fraction of sp³-hybridized carbons (Fsp3) is 0.167. The Hall–Kier alpha value is -1.13. The Morgan fingerprint density at radius 1 is 1.17 bits per heavy atom. The summed E-state index contributed by atoms with van der Waals surface area (Å²) in [5.74, 6) is 0. The number of rotatable bonds is 1. The molecule has 0 saturated heterocycles. The summed E-state index contributed by atoms with van der Waals surface area (Å²) in [5, 5.41) is -0.280. The molecule has 0 radical (unpaired) electrons. The number of allylic oxidation sites excluding steroid dienone is 2. The van der Waals surface area contributed by atoms with E-state index >= 15 is 0 Å². The molecule has 1 heterocycles. The monoisotopic (exact) mass is 295 g/mol. The first kappa shape index (κ1) is 14.9. The Balaban J connectivity index is 0.00000162. The van der Waals surface area contributed by atoms with E-state index < -0.39 is 11.7 Å². The van der Waals surface area contributed by atoms with E-state index in [4.69, 9.17) is 11.6 Å². The van der Waals surface area contributed by atoms with Crippen LogP contribution in [-0.2, 0) is 6.18 Å². The Kier molecular flexibility index (Phi) is 4.71. The number of hydrogen-bond donors (Lipinski definition) is 0. The van der Waals surface area contributed by atoms with Gasteiger partial charge in [0.05, 0.1) is 10.6 Å². The van der Waals surface area contributed by atoms with Gasteiger partial charge >= 0.3 is 6.18 Å². The summed E-state index contributed by atoms with van der Waals surface area (Å²) in [4.78, 5) is 1.71. The van der Waals surface area contributed by atoms with Crippen molar-refractivity contribution in [3.8, 4) is 0 Å². The number of alkyl halides is 3. The zero-order valence-corrected chi connectivity index (χ0v) is 10.7. The molecule has 0 bridgehead atoms. The second kappa shape index (κ2) is 5.67. The van der Waals surface area contributed by atoms with Gasteiger partial charge in [-0.15, -0.1) is 12.4 Å². The molecule has 1 aromatic carbocycles. The Morgan fingerprint density at radius 2 is 1.89 bits per heavy atom. The molecule has 1 aromatic rings. The molecule has 2 rings (SSSR count). The van der Waals surface area contributed by atoms with Gasteiger partial charge in [-0.1, -0.05) is 23.8 Å². The van der Waals surface area contributed by atoms with Crippen LogP contribution in [0.4, 0.5) is 18.9 Å². The molecule has 98 valence electrons. The fourth-order valence-electron chi connectivity index (χ4n) is 1.57. The SMILES string of the molecule is Cl.FC(F)(F)c1cc(N2C=CC=CC2)ccc1Cl. The van der Waals surface area contributed by atoms with Crippen LogP contribution in [0.15, 0.2) is 42.6 Å². The van der Waals surface area contributed by atoms with Gasteiger partial charge in [-0.25, -0.2) is 0 Å². The van der Waals surface area contributed by atoms with Crippen LogP contribution in [-0.4, -0.2) is 6.54 Å². The second-order valence-corrected chi connectivity index (χ2v) is 3.99. The van der Waals surface area contributed by atoms with Gasteiger partial charge in [0, 0.05) is 18.4 Å². The minimum Gasteiger partial charge on any atom is -0.344 e. The van der Waals surface area contributed by atoms with Crippen molar-refractivity contribution in [3.05, 3.63) is 53.2 Å². The summed E-state index contributed by atoms with van der Waals surface area (Å²) in [7, 11) is 0. The molecule has 0 unspecified atom stereocenters. The highest BCUT2D eigenvalue weighted by atomic mass is 35.5. The third kappa shape index (κ3) is 3.21. The molecule has 6 heteroatoms. The van der Waals surface area contributed by atoms with Gasteiger partial charge in [0.1, 0.15) is 0 Å². The number of nitrogens with zero attached hydrogens (tertiary/aromatic N) is 1. The lowest BCUT2D eigenvalue weighted by Gasteiger charge is -2.22. The van der Waals surface area contributed by atoms with Gasteiger partial charge in [-0.2, -0.15) is 13.2 Å². The predicted molar refractivity (Wildman–Crippen MR) is 69.3 cm³/mol. The van der Waals surface area contributed by atoms with Gasteiger partial charge in [0.15, 0.2) is 0 Å². The van der Waals surface area contributed by atoms with Crippen molar-refractivity contribution >= 4 is 29.7 Å². The first-order valence-corrected chi connectivity index (χ1v) is 5.33. The summed E-state index contributed by atoms with van der Waals surface area (Å²) in [6.07, 6.45) is 2.77. The first-order valence-electron chi connectivity index (χ1n) is 4.95. The van der Waals surface area contributed by atoms with E-state index in [0.717, 1.165) is 6.07 Å². The van der Waals surface area contributed by atoms with Gasteiger partial charge in [-0.3, -0.25) is 0 Å². The molecule has 0 aliphatic carbocycles. The molecule has 0 spiro atoms. The zero-order chi connectivity index (χ0) is 12.5. The van der Waals surface area contributed by atoms with Crippen LogP contribution in [0.5, 0.6) is 0 Å². The van der Waals surface area contributed by atoms with Crippen molar-refractivity contribution in [2.24, 2.45) is 0 Å². The molecule has 0 saturated carbocycles. The number of hydrogen-bond acceptors (Lipinski definition) is 1. The molecular weight excluding hydrogens is 286 g/mol. The summed E-state index contributed by atoms with van der Waals surface area (Å²) in [5.41, 5.74) is -0.332. The fourth-order valence-corrected chi connectivity index (χ4v) is 1.79. The summed E-state index contributed by atoms with van der Waals surface area (Å²) < 4.78 is 38.0. The van der Waals surface area contributed by atoms with Crippen molar-refractivity contribution < 1.29 is 13.2 Å². The maximum absolute atomic E-state index is 12.7. The van der Waals surface area contributed by atoms with Crippen LogP contribution in [0.1, 0.15) is 5.56 Å². The lowest BCUT2D eigenvalue weighted by Crippen LogP contribution is -2.18. The summed E-state index contributed by atoms with van der Waals surface area (Å²) in [6.45, 7) is 0.551. The molecular formula is C12H10Cl2F3N. The predicted octanol–water partition coefficient (Wildman–Crippen LogP) is 4.67. The first-order chi connectivity index (χ1) is 7.98. The van der Waals surface area contributed by atoms with Crippen LogP contribution in [0.2, 0.25) is 5.02 Å². The Morgan fingerprint density at radius 3 is 2.44 bits per heavy atom. The Bertz CT molecular complexity index is 481. The number of anilines is 1. The molecule has 1 aliphatic rings. The molecule has 0 N–H and O–H groups in total. The van der Waals surface area contributed by atoms with Gasteiger partial charge in [-0.05, 0) is 24.3 Å². The molecule has 0 aromatic heterocycles. The average Bonchev–Trinajstić information content (AvgIpc) is 2.29. The van der Waals surface area contributed by atoms with Crippen molar-refractivity contribution in [2.75, 3.05) is 11.4 Å². The highest BCUT2D eigenvalue weighted by Crippen LogP contribution is 2.37. The lowest BCUT2D eigenvalue weighted by atomic mass is 10.1. The minimum atomic E-state index is -4.43. The van der Waals surface area contributed by atoms with Crippen LogP contribution >= 0.6 is 24.0 Å². The van der Waals surface area contributed by atoms with E-state index in [1.54, 1.807) is 23.2 Å². The van der Waals surface area contributed by atoms with Crippen molar-refractivity contribution in [2.45, 2.75) is 6.18 Å². The maximum Gasteiger partial charge on any atom is 0.417 e. The number of benzene rings is 1. The van der Waals surface area contributed by atoms with Crippen LogP contribution in [0.3, 0.4) is 0 Å². The molecule has 0 amide bonds. The summed E-state index contributed by atoms with van der Waals surface area (Å²) in [6, 6.07) is 3.90. The second-order valence-electron chi connectivity index (χ2n) is 3.58. The topological polar surface area (TPSA) is 3.24 Å². The summed E-state index contributed by atoms with van der Waals surface area (Å²) >= 11 is 5.55. The molecule has 1 aliphatic heterocycles. The van der Waals surface area contributed by atoms with Crippen molar-refractivity contribution in [1.82, 2.24) is 0 Å². The van der Waals surface area contributed by atoms with Gasteiger partial charge in [0.25, 0.3) is 0 Å². The molecule has 18 heavy (non-hydrogen) atoms. The quantitative estimate of drug-likeness (QED) is 0.728.